The third-order valence-electron chi connectivity index (χ3n) is 2.36. The number of halogens is 2. The number of allylic oxidation sites excluding steroid dienone is 5. The Morgan fingerprint density at radius 1 is 1.07 bits per heavy atom. The summed E-state index contributed by atoms with van der Waals surface area (Å²) < 4.78 is 0.356. The number of rotatable bonds is 1. The second kappa shape index (κ2) is 4.69. The summed E-state index contributed by atoms with van der Waals surface area (Å²) in [5, 5.41) is 0. The molecule has 0 atom stereocenters. The summed E-state index contributed by atoms with van der Waals surface area (Å²) in [6.45, 7) is 0. The first-order chi connectivity index (χ1) is 7.29. The normalized spacial score (nSPS) is 15.1. The van der Waals surface area contributed by atoms with Crippen molar-refractivity contribution in [1.29, 1.82) is 0 Å². The maximum Gasteiger partial charge on any atom is 0.110 e. The highest BCUT2D eigenvalue weighted by molar-refractivity contribution is 6.56. The minimum Gasteiger partial charge on any atom is -0.0800 e. The summed E-state index contributed by atoms with van der Waals surface area (Å²) >= 11 is 11.7. The summed E-state index contributed by atoms with van der Waals surface area (Å²) in [6.07, 6.45) is 6.91. The molecule has 0 bridgehead atoms. The van der Waals surface area contributed by atoms with Crippen molar-refractivity contribution < 1.29 is 0 Å². The molecule has 0 fully saturated rings. The Morgan fingerprint density at radius 3 is 2.47 bits per heavy atom. The molecule has 0 radical (unpaired) electrons. The van der Waals surface area contributed by atoms with Crippen molar-refractivity contribution in [3.8, 4) is 0 Å². The fraction of sp³-hybridized carbons (Fsp3) is 0.0769. The van der Waals surface area contributed by atoms with Crippen LogP contribution in [0.3, 0.4) is 0 Å². The summed E-state index contributed by atoms with van der Waals surface area (Å²) in [4.78, 5) is 0. The van der Waals surface area contributed by atoms with Gasteiger partial charge in [0.1, 0.15) is 4.49 Å². The molecule has 76 valence electrons. The van der Waals surface area contributed by atoms with E-state index in [0.717, 1.165) is 23.1 Å². The summed E-state index contributed by atoms with van der Waals surface area (Å²) in [5.74, 6) is 0. The molecule has 0 spiro atoms. The molecule has 0 amide bonds. The van der Waals surface area contributed by atoms with Crippen LogP contribution < -0.4 is 0 Å². The van der Waals surface area contributed by atoms with Gasteiger partial charge in [-0.05, 0) is 23.1 Å². The molecule has 0 heterocycles. The van der Waals surface area contributed by atoms with E-state index in [2.05, 4.69) is 12.1 Å². The van der Waals surface area contributed by atoms with Crippen molar-refractivity contribution in [3.63, 3.8) is 0 Å². The van der Waals surface area contributed by atoms with Crippen LogP contribution in [0.5, 0.6) is 0 Å². The Hall–Kier alpha value is -0.980. The molecule has 0 saturated heterocycles. The molecule has 0 N–H and O–H groups in total. The van der Waals surface area contributed by atoms with Crippen LogP contribution in [0.1, 0.15) is 12.0 Å². The Labute approximate surface area is 99.5 Å². The predicted molar refractivity (Wildman–Crippen MR) is 66.9 cm³/mol. The van der Waals surface area contributed by atoms with Crippen LogP contribution in [0.25, 0.3) is 5.57 Å². The lowest BCUT2D eigenvalue weighted by Gasteiger charge is -2.13. The third-order valence-corrected chi connectivity index (χ3v) is 2.82. The van der Waals surface area contributed by atoms with E-state index in [0.29, 0.717) is 4.49 Å². The van der Waals surface area contributed by atoms with Crippen molar-refractivity contribution in [2.75, 3.05) is 0 Å². The van der Waals surface area contributed by atoms with Gasteiger partial charge in [0, 0.05) is 0 Å². The molecule has 1 aliphatic carbocycles. The van der Waals surface area contributed by atoms with Gasteiger partial charge >= 0.3 is 0 Å². The van der Waals surface area contributed by atoms with E-state index in [9.17, 15) is 0 Å². The van der Waals surface area contributed by atoms with Crippen molar-refractivity contribution in [3.05, 3.63) is 64.2 Å². The number of hydrogen-bond acceptors (Lipinski definition) is 0. The van der Waals surface area contributed by atoms with Gasteiger partial charge in [-0.3, -0.25) is 0 Å². The highest BCUT2D eigenvalue weighted by Crippen LogP contribution is 2.33. The second-order valence-corrected chi connectivity index (χ2v) is 4.27. The molecule has 2 rings (SSSR count). The predicted octanol–water partition coefficient (Wildman–Crippen LogP) is 4.72. The molecular weight excluding hydrogens is 227 g/mol. The van der Waals surface area contributed by atoms with E-state index in [1.165, 1.54) is 0 Å². The van der Waals surface area contributed by atoms with Crippen molar-refractivity contribution in [2.45, 2.75) is 6.42 Å². The van der Waals surface area contributed by atoms with Gasteiger partial charge in [0.05, 0.1) is 0 Å². The van der Waals surface area contributed by atoms with Gasteiger partial charge in [-0.1, -0.05) is 71.8 Å². The van der Waals surface area contributed by atoms with Crippen LogP contribution in [0, 0.1) is 0 Å². The van der Waals surface area contributed by atoms with Crippen molar-refractivity contribution in [2.24, 2.45) is 0 Å². The van der Waals surface area contributed by atoms with Gasteiger partial charge in [-0.2, -0.15) is 0 Å². The van der Waals surface area contributed by atoms with Gasteiger partial charge in [-0.25, -0.2) is 0 Å². The van der Waals surface area contributed by atoms with Crippen LogP contribution in [0.2, 0.25) is 0 Å². The largest absolute Gasteiger partial charge is 0.110 e. The summed E-state index contributed by atoms with van der Waals surface area (Å²) in [7, 11) is 0. The van der Waals surface area contributed by atoms with E-state index >= 15 is 0 Å². The molecule has 1 aliphatic rings. The average molecular weight is 237 g/mol. The molecular formula is C13H10Cl2. The van der Waals surface area contributed by atoms with E-state index in [1.54, 1.807) is 0 Å². The van der Waals surface area contributed by atoms with Gasteiger partial charge < -0.3 is 0 Å². The number of hydrogen-bond donors (Lipinski definition) is 0. The Morgan fingerprint density at radius 2 is 1.80 bits per heavy atom. The van der Waals surface area contributed by atoms with Crippen LogP contribution in [-0.2, 0) is 0 Å². The Kier molecular flexibility index (Phi) is 3.30. The minimum absolute atomic E-state index is 0.356. The van der Waals surface area contributed by atoms with Crippen LogP contribution in [0.4, 0.5) is 0 Å². The van der Waals surface area contributed by atoms with Crippen molar-refractivity contribution >= 4 is 28.8 Å². The smallest absolute Gasteiger partial charge is 0.0800 e. The van der Waals surface area contributed by atoms with E-state index in [4.69, 9.17) is 23.2 Å². The molecule has 15 heavy (non-hydrogen) atoms. The zero-order chi connectivity index (χ0) is 10.7. The molecule has 0 aromatic heterocycles. The Bertz CT molecular complexity index is 435. The first kappa shape index (κ1) is 10.5. The lowest BCUT2D eigenvalue weighted by molar-refractivity contribution is 1.27. The van der Waals surface area contributed by atoms with E-state index in [1.807, 2.05) is 36.4 Å². The fourth-order valence-corrected chi connectivity index (χ4v) is 1.99. The zero-order valence-electron chi connectivity index (χ0n) is 8.08. The van der Waals surface area contributed by atoms with Gasteiger partial charge in [0.15, 0.2) is 0 Å². The van der Waals surface area contributed by atoms with E-state index in [-0.39, 0.29) is 0 Å². The topological polar surface area (TPSA) is 0 Å². The first-order valence-corrected chi connectivity index (χ1v) is 5.51. The number of benzene rings is 1. The van der Waals surface area contributed by atoms with Gasteiger partial charge in [0.25, 0.3) is 0 Å². The molecule has 1 aromatic carbocycles. The SMILES string of the molecule is ClC(Cl)=C1CC=CC=C1c1ccccc1. The monoisotopic (exact) mass is 236 g/mol. The third kappa shape index (κ3) is 2.34. The molecule has 0 unspecified atom stereocenters. The average Bonchev–Trinajstić information content (AvgIpc) is 2.30. The molecule has 2 heteroatoms. The maximum atomic E-state index is 5.87. The lowest BCUT2D eigenvalue weighted by Crippen LogP contribution is -1.93. The summed E-state index contributed by atoms with van der Waals surface area (Å²) in [5.41, 5.74) is 3.25. The van der Waals surface area contributed by atoms with E-state index < -0.39 is 0 Å². The second-order valence-electron chi connectivity index (χ2n) is 3.32. The fourth-order valence-electron chi connectivity index (χ4n) is 1.63. The summed E-state index contributed by atoms with van der Waals surface area (Å²) in [6, 6.07) is 10.1. The molecule has 0 aliphatic heterocycles. The maximum absolute atomic E-state index is 5.87. The van der Waals surface area contributed by atoms with Gasteiger partial charge in [-0.15, -0.1) is 0 Å². The van der Waals surface area contributed by atoms with Crippen LogP contribution in [-0.4, -0.2) is 0 Å². The van der Waals surface area contributed by atoms with Gasteiger partial charge in [0.2, 0.25) is 0 Å². The Balaban J connectivity index is 2.48. The standard InChI is InChI=1S/C13H10Cl2/c14-13(15)12-9-5-4-8-11(12)10-6-2-1-3-7-10/h1-8H,9H2. The molecule has 0 saturated carbocycles. The first-order valence-electron chi connectivity index (χ1n) is 4.76. The van der Waals surface area contributed by atoms with Crippen LogP contribution >= 0.6 is 23.2 Å². The van der Waals surface area contributed by atoms with Crippen molar-refractivity contribution in [1.82, 2.24) is 0 Å². The highest BCUT2D eigenvalue weighted by Gasteiger charge is 2.11. The molecule has 1 aromatic rings. The minimum atomic E-state index is 0.356. The molecule has 0 nitrogen and oxygen atoms in total. The van der Waals surface area contributed by atoms with Crippen LogP contribution in [0.15, 0.2) is 58.6 Å². The lowest BCUT2D eigenvalue weighted by atomic mass is 9.93. The highest BCUT2D eigenvalue weighted by atomic mass is 35.5. The quantitative estimate of drug-likeness (QED) is 0.662. The zero-order valence-corrected chi connectivity index (χ0v) is 9.59.